The van der Waals surface area contributed by atoms with Crippen LogP contribution in [-0.2, 0) is 14.3 Å². The summed E-state index contributed by atoms with van der Waals surface area (Å²) in [5, 5.41) is 8.64. The highest BCUT2D eigenvalue weighted by Gasteiger charge is 2.13. The predicted octanol–water partition coefficient (Wildman–Crippen LogP) is 11.1. The molecule has 0 aliphatic heterocycles. The van der Waals surface area contributed by atoms with Gasteiger partial charge in [0.1, 0.15) is 6.10 Å². The molecule has 0 aromatic carbocycles. The molecule has 0 bridgehead atoms. The second-order valence-electron chi connectivity index (χ2n) is 11.3. The van der Waals surface area contributed by atoms with Crippen LogP contribution in [0.4, 0.5) is 0 Å². The van der Waals surface area contributed by atoms with Crippen LogP contribution in [0.2, 0.25) is 0 Å². The van der Waals surface area contributed by atoms with E-state index in [1.54, 1.807) is 0 Å². The number of esters is 1. The molecule has 0 amide bonds. The Hall–Kier alpha value is -1.32. The van der Waals surface area contributed by atoms with Crippen LogP contribution in [0.5, 0.6) is 0 Å². The summed E-state index contributed by atoms with van der Waals surface area (Å²) in [6.45, 7) is 4.42. The topological polar surface area (TPSA) is 63.6 Å². The number of carboxylic acids is 1. The number of aliphatic carboxylic acids is 1. The van der Waals surface area contributed by atoms with Gasteiger partial charge in [-0.15, -0.1) is 0 Å². The summed E-state index contributed by atoms with van der Waals surface area (Å²) < 4.78 is 5.83. The van der Waals surface area contributed by atoms with Gasteiger partial charge < -0.3 is 9.84 Å². The third-order valence-corrected chi connectivity index (χ3v) is 7.47. The minimum absolute atomic E-state index is 0.0163. The SMILES string of the molecule is CCCC/C=C\CCCCCCCC(=O)OC(CCC)CCCCCCCCCCCCCCCC(=O)O. The average molecular weight is 537 g/mol. The molecule has 0 aliphatic rings. The van der Waals surface area contributed by atoms with Gasteiger partial charge in [-0.1, -0.05) is 135 Å². The summed E-state index contributed by atoms with van der Waals surface area (Å²) in [4.78, 5) is 22.8. The van der Waals surface area contributed by atoms with Crippen molar-refractivity contribution in [2.45, 2.75) is 193 Å². The van der Waals surface area contributed by atoms with Gasteiger partial charge in [-0.3, -0.25) is 9.59 Å². The normalized spacial score (nSPS) is 12.3. The molecule has 1 N–H and O–H groups in total. The van der Waals surface area contributed by atoms with Crippen molar-refractivity contribution in [3.63, 3.8) is 0 Å². The van der Waals surface area contributed by atoms with E-state index in [2.05, 4.69) is 26.0 Å². The van der Waals surface area contributed by atoms with Crippen molar-refractivity contribution in [1.82, 2.24) is 0 Å². The maximum Gasteiger partial charge on any atom is 0.306 e. The maximum absolute atomic E-state index is 12.3. The van der Waals surface area contributed by atoms with Gasteiger partial charge in [0.15, 0.2) is 0 Å². The van der Waals surface area contributed by atoms with E-state index >= 15 is 0 Å². The molecule has 4 nitrogen and oxygen atoms in total. The Morgan fingerprint density at radius 3 is 1.50 bits per heavy atom. The number of hydrogen-bond donors (Lipinski definition) is 1. The van der Waals surface area contributed by atoms with Crippen LogP contribution >= 0.6 is 0 Å². The Balaban J connectivity index is 3.55. The zero-order valence-electron chi connectivity index (χ0n) is 25.5. The molecular formula is C34H64O4. The molecule has 0 aliphatic carbocycles. The summed E-state index contributed by atoms with van der Waals surface area (Å²) in [5.74, 6) is -0.652. The fourth-order valence-electron chi connectivity index (χ4n) is 5.04. The number of carbonyl (C=O) groups excluding carboxylic acids is 1. The first kappa shape index (κ1) is 36.7. The highest BCUT2D eigenvalue weighted by molar-refractivity contribution is 5.69. The van der Waals surface area contributed by atoms with Crippen molar-refractivity contribution in [2.75, 3.05) is 0 Å². The molecule has 0 saturated carbocycles. The average Bonchev–Trinajstić information content (AvgIpc) is 2.89. The molecule has 0 rings (SSSR count). The van der Waals surface area contributed by atoms with E-state index in [4.69, 9.17) is 9.84 Å². The van der Waals surface area contributed by atoms with Gasteiger partial charge in [0, 0.05) is 12.8 Å². The third kappa shape index (κ3) is 29.2. The van der Waals surface area contributed by atoms with Crippen molar-refractivity contribution >= 4 is 11.9 Å². The van der Waals surface area contributed by atoms with Crippen LogP contribution in [0.15, 0.2) is 12.2 Å². The molecule has 1 atom stereocenters. The standard InChI is InChI=1S/C34H64O4/c1-3-5-6-7-8-9-13-18-21-24-27-31-34(37)38-32(28-4-2)29-25-22-19-16-14-11-10-12-15-17-20-23-26-30-33(35)36/h7-8,32H,3-6,9-31H2,1-2H3,(H,35,36)/b8-7-. The highest BCUT2D eigenvalue weighted by atomic mass is 16.5. The Kier molecular flexibility index (Phi) is 29.2. The molecule has 224 valence electrons. The van der Waals surface area contributed by atoms with Crippen LogP contribution in [0.1, 0.15) is 187 Å². The predicted molar refractivity (Wildman–Crippen MR) is 163 cm³/mol. The van der Waals surface area contributed by atoms with Gasteiger partial charge in [-0.05, 0) is 51.4 Å². The summed E-state index contributed by atoms with van der Waals surface area (Å²) in [5.41, 5.74) is 0. The lowest BCUT2D eigenvalue weighted by atomic mass is 10.0. The van der Waals surface area contributed by atoms with Crippen LogP contribution in [0.3, 0.4) is 0 Å². The lowest BCUT2D eigenvalue weighted by Crippen LogP contribution is -2.18. The van der Waals surface area contributed by atoms with E-state index in [0.717, 1.165) is 44.9 Å². The van der Waals surface area contributed by atoms with Crippen molar-refractivity contribution in [1.29, 1.82) is 0 Å². The van der Waals surface area contributed by atoms with E-state index in [1.165, 1.54) is 116 Å². The summed E-state index contributed by atoms with van der Waals surface area (Å²) >= 11 is 0. The number of ether oxygens (including phenoxy) is 1. The fraction of sp³-hybridized carbons (Fsp3) is 0.882. The zero-order chi connectivity index (χ0) is 27.9. The molecule has 4 heteroatoms. The van der Waals surface area contributed by atoms with E-state index in [1.807, 2.05) is 0 Å². The largest absolute Gasteiger partial charge is 0.481 e. The van der Waals surface area contributed by atoms with E-state index in [-0.39, 0.29) is 12.1 Å². The molecule has 0 aromatic rings. The monoisotopic (exact) mass is 536 g/mol. The first-order valence-corrected chi connectivity index (χ1v) is 16.7. The van der Waals surface area contributed by atoms with Crippen LogP contribution in [0.25, 0.3) is 0 Å². The third-order valence-electron chi connectivity index (χ3n) is 7.47. The summed E-state index contributed by atoms with van der Waals surface area (Å²) in [6, 6.07) is 0. The van der Waals surface area contributed by atoms with Crippen molar-refractivity contribution < 1.29 is 19.4 Å². The molecule has 0 fully saturated rings. The Morgan fingerprint density at radius 2 is 1.00 bits per heavy atom. The maximum atomic E-state index is 12.3. The van der Waals surface area contributed by atoms with Crippen molar-refractivity contribution in [2.24, 2.45) is 0 Å². The zero-order valence-corrected chi connectivity index (χ0v) is 25.5. The summed E-state index contributed by atoms with van der Waals surface area (Å²) in [6.07, 6.45) is 35.6. The second kappa shape index (κ2) is 30.2. The first-order chi connectivity index (χ1) is 18.6. The molecule has 0 radical (unpaired) electrons. The van der Waals surface area contributed by atoms with E-state index in [0.29, 0.717) is 12.8 Å². The van der Waals surface area contributed by atoms with Crippen molar-refractivity contribution in [3.8, 4) is 0 Å². The highest BCUT2D eigenvalue weighted by Crippen LogP contribution is 2.17. The number of allylic oxidation sites excluding steroid dienone is 2. The lowest BCUT2D eigenvalue weighted by molar-refractivity contribution is -0.150. The molecular weight excluding hydrogens is 472 g/mol. The molecule has 0 aromatic heterocycles. The van der Waals surface area contributed by atoms with Crippen LogP contribution < -0.4 is 0 Å². The van der Waals surface area contributed by atoms with E-state index in [9.17, 15) is 9.59 Å². The number of unbranched alkanes of at least 4 members (excludes halogenated alkanes) is 19. The summed E-state index contributed by atoms with van der Waals surface area (Å²) in [7, 11) is 0. The molecule has 0 saturated heterocycles. The number of carboxylic acid groups (broad SMARTS) is 1. The van der Waals surface area contributed by atoms with Gasteiger partial charge in [0.2, 0.25) is 0 Å². The van der Waals surface area contributed by atoms with Gasteiger partial charge in [-0.25, -0.2) is 0 Å². The van der Waals surface area contributed by atoms with Gasteiger partial charge in [-0.2, -0.15) is 0 Å². The molecule has 38 heavy (non-hydrogen) atoms. The van der Waals surface area contributed by atoms with Gasteiger partial charge >= 0.3 is 11.9 Å². The van der Waals surface area contributed by atoms with Crippen LogP contribution in [-0.4, -0.2) is 23.1 Å². The Morgan fingerprint density at radius 1 is 0.553 bits per heavy atom. The van der Waals surface area contributed by atoms with E-state index < -0.39 is 5.97 Å². The number of carbonyl (C=O) groups is 2. The van der Waals surface area contributed by atoms with Gasteiger partial charge in [0.25, 0.3) is 0 Å². The lowest BCUT2D eigenvalue weighted by Gasteiger charge is -2.17. The second-order valence-corrected chi connectivity index (χ2v) is 11.3. The Labute approximate surface area is 236 Å². The number of rotatable bonds is 30. The molecule has 1 unspecified atom stereocenters. The van der Waals surface area contributed by atoms with Crippen molar-refractivity contribution in [3.05, 3.63) is 12.2 Å². The Bertz CT molecular complexity index is 543. The first-order valence-electron chi connectivity index (χ1n) is 16.7. The quantitative estimate of drug-likeness (QED) is 0.0563. The van der Waals surface area contributed by atoms with Gasteiger partial charge in [0.05, 0.1) is 0 Å². The minimum Gasteiger partial charge on any atom is -0.481 e. The van der Waals surface area contributed by atoms with Crippen LogP contribution in [0, 0.1) is 0 Å². The molecule has 0 heterocycles. The number of hydrogen-bond acceptors (Lipinski definition) is 3. The molecule has 0 spiro atoms. The smallest absolute Gasteiger partial charge is 0.306 e. The minimum atomic E-state index is -0.669. The fourth-order valence-corrected chi connectivity index (χ4v) is 5.04.